The fourth-order valence-electron chi connectivity index (χ4n) is 2.63. The monoisotopic (exact) mass is 268 g/mol. The van der Waals surface area contributed by atoms with Crippen LogP contribution in [-0.2, 0) is 4.79 Å². The highest BCUT2D eigenvalue weighted by Crippen LogP contribution is 2.34. The van der Waals surface area contributed by atoms with E-state index < -0.39 is 11.4 Å². The second-order valence-corrected chi connectivity index (χ2v) is 6.38. The van der Waals surface area contributed by atoms with Gasteiger partial charge in [-0.05, 0) is 39.0 Å². The van der Waals surface area contributed by atoms with E-state index in [1.54, 1.807) is 11.8 Å². The number of likely N-dealkylation sites (tertiary alicyclic amines) is 1. The molecule has 2 N–H and O–H groups in total. The van der Waals surface area contributed by atoms with Gasteiger partial charge in [0.25, 0.3) is 0 Å². The van der Waals surface area contributed by atoms with Crippen LogP contribution in [0.3, 0.4) is 0 Å². The Morgan fingerprint density at radius 1 is 1.37 bits per heavy atom. The second-order valence-electron chi connectivity index (χ2n) is 6.38. The molecule has 0 radical (unpaired) electrons. The molecule has 1 aliphatic carbocycles. The summed E-state index contributed by atoms with van der Waals surface area (Å²) in [5.74, 6) is 0.0432. The third kappa shape index (κ3) is 3.61. The van der Waals surface area contributed by atoms with Gasteiger partial charge in [-0.2, -0.15) is 0 Å². The first kappa shape index (κ1) is 14.2. The Morgan fingerprint density at radius 3 is 2.42 bits per heavy atom. The molecule has 2 rings (SSSR count). The molecular formula is C14H24N2O3. The molecule has 2 fully saturated rings. The highest BCUT2D eigenvalue weighted by Gasteiger charge is 2.38. The number of nitrogens with one attached hydrogen (secondary N) is 1. The van der Waals surface area contributed by atoms with Crippen LogP contribution in [0.25, 0.3) is 0 Å². The van der Waals surface area contributed by atoms with Gasteiger partial charge in [-0.25, -0.2) is 4.79 Å². The number of aliphatic carboxylic acids is 1. The number of hydrogen-bond acceptors (Lipinski definition) is 2. The van der Waals surface area contributed by atoms with Gasteiger partial charge in [-0.15, -0.1) is 0 Å². The number of amides is 2. The maximum absolute atomic E-state index is 12.1. The average molecular weight is 268 g/mol. The molecule has 1 saturated carbocycles. The van der Waals surface area contributed by atoms with Gasteiger partial charge >= 0.3 is 12.0 Å². The standard InChI is InChI=1S/C14H24N2O3/c1-10(9-11-3-4-11)15-13(19)16-7-5-14(2,6-8-16)12(17)18/h10-11H,3-9H2,1-2H3,(H,15,19)(H,17,18). The van der Waals surface area contributed by atoms with Crippen molar-refractivity contribution < 1.29 is 14.7 Å². The molecule has 19 heavy (non-hydrogen) atoms. The summed E-state index contributed by atoms with van der Waals surface area (Å²) in [5, 5.41) is 12.2. The van der Waals surface area contributed by atoms with Gasteiger partial charge in [0.2, 0.25) is 0 Å². The van der Waals surface area contributed by atoms with Crippen molar-refractivity contribution in [2.75, 3.05) is 13.1 Å². The Morgan fingerprint density at radius 2 is 1.95 bits per heavy atom. The lowest BCUT2D eigenvalue weighted by molar-refractivity contribution is -0.150. The van der Waals surface area contributed by atoms with E-state index >= 15 is 0 Å². The first-order valence-corrected chi connectivity index (χ1v) is 7.19. The summed E-state index contributed by atoms with van der Waals surface area (Å²) in [5.41, 5.74) is -0.670. The van der Waals surface area contributed by atoms with Crippen LogP contribution in [0.2, 0.25) is 0 Å². The molecule has 1 atom stereocenters. The number of carboxylic acids is 1. The minimum Gasteiger partial charge on any atom is -0.481 e. The first-order valence-electron chi connectivity index (χ1n) is 7.19. The van der Waals surface area contributed by atoms with E-state index in [-0.39, 0.29) is 12.1 Å². The van der Waals surface area contributed by atoms with Crippen molar-refractivity contribution in [1.82, 2.24) is 10.2 Å². The maximum atomic E-state index is 12.1. The molecular weight excluding hydrogens is 244 g/mol. The predicted molar refractivity (Wildman–Crippen MR) is 71.9 cm³/mol. The highest BCUT2D eigenvalue weighted by atomic mass is 16.4. The van der Waals surface area contributed by atoms with Gasteiger partial charge in [-0.1, -0.05) is 12.8 Å². The van der Waals surface area contributed by atoms with Gasteiger partial charge in [0.1, 0.15) is 0 Å². The number of rotatable bonds is 4. The molecule has 2 aliphatic rings. The van der Waals surface area contributed by atoms with E-state index in [4.69, 9.17) is 5.11 Å². The molecule has 5 heteroatoms. The number of carboxylic acid groups (broad SMARTS) is 1. The number of piperidine rings is 1. The molecule has 2 amide bonds. The van der Waals surface area contributed by atoms with Crippen LogP contribution in [-0.4, -0.2) is 41.1 Å². The van der Waals surface area contributed by atoms with E-state index in [0.717, 1.165) is 12.3 Å². The number of hydrogen-bond donors (Lipinski definition) is 2. The Hall–Kier alpha value is -1.26. The molecule has 0 bridgehead atoms. The fraction of sp³-hybridized carbons (Fsp3) is 0.857. The van der Waals surface area contributed by atoms with E-state index in [1.165, 1.54) is 12.8 Å². The van der Waals surface area contributed by atoms with Crippen molar-refractivity contribution in [2.24, 2.45) is 11.3 Å². The summed E-state index contributed by atoms with van der Waals surface area (Å²) in [6, 6.07) is 0.174. The molecule has 0 aromatic rings. The molecule has 1 saturated heterocycles. The smallest absolute Gasteiger partial charge is 0.317 e. The van der Waals surface area contributed by atoms with Gasteiger partial charge < -0.3 is 15.3 Å². The summed E-state index contributed by atoms with van der Waals surface area (Å²) in [6.45, 7) is 4.87. The average Bonchev–Trinajstić information content (AvgIpc) is 3.13. The Balaban J connectivity index is 1.76. The van der Waals surface area contributed by atoms with Crippen molar-refractivity contribution in [3.63, 3.8) is 0 Å². The number of urea groups is 1. The quantitative estimate of drug-likeness (QED) is 0.820. The van der Waals surface area contributed by atoms with Crippen molar-refractivity contribution in [1.29, 1.82) is 0 Å². The van der Waals surface area contributed by atoms with Gasteiger partial charge in [0.05, 0.1) is 5.41 Å². The molecule has 0 aromatic carbocycles. The number of carbonyl (C=O) groups excluding carboxylic acids is 1. The maximum Gasteiger partial charge on any atom is 0.317 e. The fourth-order valence-corrected chi connectivity index (χ4v) is 2.63. The van der Waals surface area contributed by atoms with Crippen LogP contribution in [0.15, 0.2) is 0 Å². The number of carbonyl (C=O) groups is 2. The summed E-state index contributed by atoms with van der Waals surface area (Å²) in [4.78, 5) is 24.9. The molecule has 1 heterocycles. The second kappa shape index (κ2) is 5.39. The topological polar surface area (TPSA) is 69.6 Å². The zero-order chi connectivity index (χ0) is 14.0. The van der Waals surface area contributed by atoms with E-state index in [2.05, 4.69) is 5.32 Å². The van der Waals surface area contributed by atoms with Crippen molar-refractivity contribution >= 4 is 12.0 Å². The van der Waals surface area contributed by atoms with Crippen molar-refractivity contribution in [3.8, 4) is 0 Å². The SMILES string of the molecule is CC(CC1CC1)NC(=O)N1CCC(C)(C(=O)O)CC1. The van der Waals surface area contributed by atoms with Crippen LogP contribution < -0.4 is 5.32 Å². The lowest BCUT2D eigenvalue weighted by Gasteiger charge is -2.36. The molecule has 0 aromatic heterocycles. The highest BCUT2D eigenvalue weighted by molar-refractivity contribution is 5.77. The molecule has 1 unspecified atom stereocenters. The third-order valence-corrected chi connectivity index (χ3v) is 4.42. The van der Waals surface area contributed by atoms with Gasteiger partial charge in [0, 0.05) is 19.1 Å². The summed E-state index contributed by atoms with van der Waals surface area (Å²) < 4.78 is 0. The Labute approximate surface area is 114 Å². The lowest BCUT2D eigenvalue weighted by atomic mass is 9.80. The van der Waals surface area contributed by atoms with Crippen LogP contribution in [0.4, 0.5) is 4.79 Å². The van der Waals surface area contributed by atoms with Crippen LogP contribution in [0.1, 0.15) is 46.0 Å². The minimum absolute atomic E-state index is 0.0411. The largest absolute Gasteiger partial charge is 0.481 e. The van der Waals surface area contributed by atoms with Crippen molar-refractivity contribution in [2.45, 2.75) is 52.0 Å². The summed E-state index contributed by atoms with van der Waals surface area (Å²) in [6.07, 6.45) is 4.72. The van der Waals surface area contributed by atoms with Gasteiger partial charge in [-0.3, -0.25) is 4.79 Å². The Bertz CT molecular complexity index is 358. The van der Waals surface area contributed by atoms with E-state index in [1.807, 2.05) is 6.92 Å². The van der Waals surface area contributed by atoms with Crippen LogP contribution >= 0.6 is 0 Å². The zero-order valence-electron chi connectivity index (χ0n) is 11.8. The Kier molecular flexibility index (Phi) is 4.02. The van der Waals surface area contributed by atoms with Gasteiger partial charge in [0.15, 0.2) is 0 Å². The molecule has 0 spiro atoms. The summed E-state index contributed by atoms with van der Waals surface area (Å²) in [7, 11) is 0. The van der Waals surface area contributed by atoms with Crippen LogP contribution in [0, 0.1) is 11.3 Å². The lowest BCUT2D eigenvalue weighted by Crippen LogP contribution is -2.50. The molecule has 5 nitrogen and oxygen atoms in total. The predicted octanol–water partition coefficient (Wildman–Crippen LogP) is 2.07. The first-order chi connectivity index (χ1) is 8.90. The molecule has 108 valence electrons. The van der Waals surface area contributed by atoms with E-state index in [0.29, 0.717) is 25.9 Å². The minimum atomic E-state index is -0.755. The normalized spacial score (nSPS) is 23.8. The number of nitrogens with zero attached hydrogens (tertiary/aromatic N) is 1. The van der Waals surface area contributed by atoms with Crippen LogP contribution in [0.5, 0.6) is 0 Å². The summed E-state index contributed by atoms with van der Waals surface area (Å²) >= 11 is 0. The van der Waals surface area contributed by atoms with Crippen molar-refractivity contribution in [3.05, 3.63) is 0 Å². The van der Waals surface area contributed by atoms with E-state index in [9.17, 15) is 9.59 Å². The molecule has 1 aliphatic heterocycles. The third-order valence-electron chi connectivity index (χ3n) is 4.42. The zero-order valence-corrected chi connectivity index (χ0v) is 11.8.